The zero-order valence-corrected chi connectivity index (χ0v) is 12.0. The average Bonchev–Trinajstić information content (AvgIpc) is 2.98. The van der Waals surface area contributed by atoms with Gasteiger partial charge in [-0.2, -0.15) is 0 Å². The number of hydrogen-bond acceptors (Lipinski definition) is 1. The second-order valence-corrected chi connectivity index (χ2v) is 6.84. The fourth-order valence-electron chi connectivity index (χ4n) is 4.62. The molecule has 0 heterocycles. The van der Waals surface area contributed by atoms with Crippen molar-refractivity contribution in [2.75, 3.05) is 0 Å². The lowest BCUT2D eigenvalue weighted by molar-refractivity contribution is -0.142. The lowest BCUT2D eigenvalue weighted by atomic mass is 9.66. The summed E-state index contributed by atoms with van der Waals surface area (Å²) in [5, 5.41) is 10.1. The van der Waals surface area contributed by atoms with E-state index in [1.807, 2.05) is 6.08 Å². The first-order chi connectivity index (χ1) is 9.41. The van der Waals surface area contributed by atoms with E-state index in [2.05, 4.69) is 45.1 Å². The highest BCUT2D eigenvalue weighted by atomic mass is 16.4. The molecule has 1 fully saturated rings. The number of hydrogen-bond donors (Lipinski definition) is 1. The van der Waals surface area contributed by atoms with Crippen LogP contribution in [0.2, 0.25) is 0 Å². The van der Waals surface area contributed by atoms with Crippen molar-refractivity contribution in [3.63, 3.8) is 0 Å². The Kier molecular flexibility index (Phi) is 1.94. The predicted octanol–water partition coefficient (Wildman–Crippen LogP) is 3.80. The van der Waals surface area contributed by atoms with E-state index in [1.54, 1.807) is 0 Å². The van der Waals surface area contributed by atoms with E-state index in [0.29, 0.717) is 0 Å². The number of carbonyl (C=O) groups is 1. The molecule has 0 aromatic carbocycles. The van der Waals surface area contributed by atoms with Crippen molar-refractivity contribution in [1.82, 2.24) is 0 Å². The van der Waals surface area contributed by atoms with Gasteiger partial charge in [0.15, 0.2) is 0 Å². The van der Waals surface area contributed by atoms with Crippen LogP contribution >= 0.6 is 0 Å². The monoisotopic (exact) mass is 266 g/mol. The van der Waals surface area contributed by atoms with E-state index in [1.165, 1.54) is 5.57 Å². The molecule has 2 atom stereocenters. The molecule has 4 aliphatic carbocycles. The average molecular weight is 266 g/mol. The van der Waals surface area contributed by atoms with Crippen LogP contribution in [0.5, 0.6) is 0 Å². The topological polar surface area (TPSA) is 37.3 Å². The van der Waals surface area contributed by atoms with Gasteiger partial charge in [-0.25, -0.2) is 0 Å². The number of carboxylic acids is 1. The first-order valence-corrected chi connectivity index (χ1v) is 7.23. The van der Waals surface area contributed by atoms with Crippen LogP contribution < -0.4 is 0 Å². The van der Waals surface area contributed by atoms with Crippen molar-refractivity contribution >= 4 is 5.97 Å². The summed E-state index contributed by atoms with van der Waals surface area (Å²) in [7, 11) is 0. The lowest BCUT2D eigenvalue weighted by Gasteiger charge is -2.35. The number of aliphatic carboxylic acids is 1. The molecule has 1 saturated carbocycles. The molecule has 0 saturated heterocycles. The van der Waals surface area contributed by atoms with Crippen LogP contribution in [0, 0.1) is 16.7 Å². The Morgan fingerprint density at radius 3 is 2.80 bits per heavy atom. The van der Waals surface area contributed by atoms with Crippen LogP contribution in [0.3, 0.4) is 0 Å². The molecule has 102 valence electrons. The van der Waals surface area contributed by atoms with Crippen molar-refractivity contribution in [3.8, 4) is 0 Å². The molecule has 0 radical (unpaired) electrons. The smallest absolute Gasteiger partial charge is 0.322 e. The Hall–Kier alpha value is -1.83. The maximum Gasteiger partial charge on any atom is 0.322 e. The van der Waals surface area contributed by atoms with E-state index in [-0.39, 0.29) is 11.3 Å². The summed E-state index contributed by atoms with van der Waals surface area (Å²) in [6.07, 6.45) is 11.4. The SMILES string of the molecule is CC(C)C1=CC2(C)CC3=C4C=CC=C4C=C2C13C(=O)O. The quantitative estimate of drug-likeness (QED) is 0.772. The van der Waals surface area contributed by atoms with Crippen molar-refractivity contribution < 1.29 is 9.90 Å². The molecule has 4 rings (SSSR count). The van der Waals surface area contributed by atoms with Gasteiger partial charge in [-0.15, -0.1) is 0 Å². The van der Waals surface area contributed by atoms with Crippen LogP contribution in [-0.2, 0) is 4.79 Å². The van der Waals surface area contributed by atoms with Gasteiger partial charge >= 0.3 is 5.97 Å². The standard InChI is InChI=1S/C18H18O2/c1-10(2)13-8-17(3)9-14-12-6-4-5-11(12)7-15(17)18(13,14)16(19)20/h4-8,10H,9H2,1-3H3,(H,19,20). The van der Waals surface area contributed by atoms with Gasteiger partial charge in [-0.3, -0.25) is 4.79 Å². The largest absolute Gasteiger partial charge is 0.480 e. The third-order valence-electron chi connectivity index (χ3n) is 5.34. The summed E-state index contributed by atoms with van der Waals surface area (Å²) in [6.45, 7) is 6.39. The van der Waals surface area contributed by atoms with Gasteiger partial charge in [0.25, 0.3) is 0 Å². The van der Waals surface area contributed by atoms with Crippen LogP contribution in [0.15, 0.2) is 58.2 Å². The van der Waals surface area contributed by atoms with Gasteiger partial charge in [-0.05, 0) is 40.2 Å². The summed E-state index contributed by atoms with van der Waals surface area (Å²) in [5.41, 5.74) is 4.63. The van der Waals surface area contributed by atoms with Gasteiger partial charge in [0.2, 0.25) is 0 Å². The Morgan fingerprint density at radius 1 is 1.40 bits per heavy atom. The van der Waals surface area contributed by atoms with E-state index in [4.69, 9.17) is 0 Å². The molecule has 2 heteroatoms. The molecule has 0 aromatic heterocycles. The minimum absolute atomic E-state index is 0.112. The maximum atomic E-state index is 12.3. The summed E-state index contributed by atoms with van der Waals surface area (Å²) < 4.78 is 0. The van der Waals surface area contributed by atoms with Crippen molar-refractivity contribution in [2.45, 2.75) is 27.2 Å². The first kappa shape index (κ1) is 12.0. The van der Waals surface area contributed by atoms with Crippen molar-refractivity contribution in [1.29, 1.82) is 0 Å². The molecule has 2 unspecified atom stereocenters. The van der Waals surface area contributed by atoms with E-state index in [0.717, 1.165) is 28.7 Å². The molecule has 4 bridgehead atoms. The molecular weight excluding hydrogens is 248 g/mol. The number of allylic oxidation sites excluding steroid dienone is 7. The van der Waals surface area contributed by atoms with Crippen LogP contribution in [0.4, 0.5) is 0 Å². The highest BCUT2D eigenvalue weighted by Crippen LogP contribution is 2.71. The summed E-state index contributed by atoms with van der Waals surface area (Å²) in [6, 6.07) is 0. The Morgan fingerprint density at radius 2 is 2.15 bits per heavy atom. The molecule has 20 heavy (non-hydrogen) atoms. The van der Waals surface area contributed by atoms with Crippen molar-refractivity contribution in [2.24, 2.45) is 16.7 Å². The van der Waals surface area contributed by atoms with Gasteiger partial charge in [0.05, 0.1) is 0 Å². The molecule has 0 aliphatic heterocycles. The highest BCUT2D eigenvalue weighted by Gasteiger charge is 2.66. The van der Waals surface area contributed by atoms with E-state index >= 15 is 0 Å². The Bertz CT molecular complexity index is 712. The van der Waals surface area contributed by atoms with Crippen LogP contribution in [-0.4, -0.2) is 11.1 Å². The summed E-state index contributed by atoms with van der Waals surface area (Å²) >= 11 is 0. The molecule has 0 spiro atoms. The van der Waals surface area contributed by atoms with E-state index < -0.39 is 11.4 Å². The molecule has 0 aromatic rings. The Balaban J connectivity index is 2.11. The zero-order valence-electron chi connectivity index (χ0n) is 12.0. The van der Waals surface area contributed by atoms with Gasteiger partial charge in [0.1, 0.15) is 5.41 Å². The zero-order chi connectivity index (χ0) is 14.3. The minimum Gasteiger partial charge on any atom is -0.480 e. The molecule has 2 nitrogen and oxygen atoms in total. The fraction of sp³-hybridized carbons (Fsp3) is 0.389. The third kappa shape index (κ3) is 1.03. The highest BCUT2D eigenvalue weighted by molar-refractivity contribution is 5.95. The molecular formula is C18H18O2. The number of fused-ring (bicyclic) bond motifs is 1. The predicted molar refractivity (Wildman–Crippen MR) is 78.0 cm³/mol. The first-order valence-electron chi connectivity index (χ1n) is 7.23. The second-order valence-electron chi connectivity index (χ2n) is 6.84. The normalized spacial score (nSPS) is 36.3. The lowest BCUT2D eigenvalue weighted by Crippen LogP contribution is -2.36. The number of carboxylic acid groups (broad SMARTS) is 1. The van der Waals surface area contributed by atoms with Crippen molar-refractivity contribution in [3.05, 3.63) is 58.2 Å². The fourth-order valence-corrected chi connectivity index (χ4v) is 4.62. The van der Waals surface area contributed by atoms with E-state index in [9.17, 15) is 9.90 Å². The Labute approximate surface area is 118 Å². The summed E-state index contributed by atoms with van der Waals surface area (Å²) in [4.78, 5) is 12.3. The maximum absolute atomic E-state index is 12.3. The molecule has 1 N–H and O–H groups in total. The number of rotatable bonds is 2. The minimum atomic E-state index is -0.857. The van der Waals surface area contributed by atoms with Gasteiger partial charge < -0.3 is 5.11 Å². The summed E-state index contributed by atoms with van der Waals surface area (Å²) in [5.74, 6) is -0.449. The third-order valence-corrected chi connectivity index (χ3v) is 5.34. The second kappa shape index (κ2) is 3.25. The molecule has 0 amide bonds. The van der Waals surface area contributed by atoms with Gasteiger partial charge in [-0.1, -0.05) is 51.2 Å². The van der Waals surface area contributed by atoms with Crippen LogP contribution in [0.25, 0.3) is 0 Å². The van der Waals surface area contributed by atoms with Gasteiger partial charge in [0, 0.05) is 5.41 Å². The molecule has 4 aliphatic rings. The van der Waals surface area contributed by atoms with Crippen LogP contribution in [0.1, 0.15) is 27.2 Å².